The molecule has 2 aromatic carbocycles. The number of rotatable bonds is 7. The van der Waals surface area contributed by atoms with Crippen LogP contribution in [0.15, 0.2) is 64.2 Å². The summed E-state index contributed by atoms with van der Waals surface area (Å²) < 4.78 is 28.0. The Morgan fingerprint density at radius 1 is 1.12 bits per heavy atom. The minimum Gasteiger partial charge on any atom is -0.338 e. The molecule has 8 nitrogen and oxygen atoms in total. The minimum atomic E-state index is -3.46. The molecule has 0 bridgehead atoms. The predicted octanol–water partition coefficient (Wildman–Crippen LogP) is 5.28. The zero-order chi connectivity index (χ0) is 22.9. The van der Waals surface area contributed by atoms with E-state index < -0.39 is 15.1 Å². The molecular weight excluding hydrogens is 492 g/mol. The summed E-state index contributed by atoms with van der Waals surface area (Å²) in [6.07, 6.45) is 3.60. The van der Waals surface area contributed by atoms with Gasteiger partial charge in [0.25, 0.3) is 0 Å². The highest BCUT2D eigenvalue weighted by Crippen LogP contribution is 2.31. The fourth-order valence-electron chi connectivity index (χ4n) is 3.16. The highest BCUT2D eigenvalue weighted by Gasteiger charge is 2.23. The zero-order valence-corrected chi connectivity index (χ0v) is 20.3. The Morgan fingerprint density at radius 3 is 2.66 bits per heavy atom. The molecule has 0 fully saturated rings. The molecule has 2 heterocycles. The van der Waals surface area contributed by atoms with E-state index in [1.807, 2.05) is 36.0 Å². The van der Waals surface area contributed by atoms with E-state index in [2.05, 4.69) is 41.6 Å². The molecule has 32 heavy (non-hydrogen) atoms. The quantitative estimate of drug-likeness (QED) is 0.345. The van der Waals surface area contributed by atoms with Gasteiger partial charge in [-0.05, 0) is 67.0 Å². The van der Waals surface area contributed by atoms with Gasteiger partial charge in [0.1, 0.15) is 5.82 Å². The van der Waals surface area contributed by atoms with Crippen molar-refractivity contribution in [1.29, 1.82) is 0 Å². The lowest BCUT2D eigenvalue weighted by Crippen LogP contribution is -2.15. The first-order valence-electron chi connectivity index (χ1n) is 10.1. The summed E-state index contributed by atoms with van der Waals surface area (Å²) in [4.78, 5) is 9.09. The highest BCUT2D eigenvalue weighted by atomic mass is 79.9. The maximum Gasteiger partial charge on any atom is 0.229 e. The normalized spacial score (nSPS) is 11.8. The Bertz CT molecular complexity index is 1380. The molecule has 0 saturated heterocycles. The molecule has 2 aromatic heterocycles. The van der Waals surface area contributed by atoms with Crippen molar-refractivity contribution in [2.75, 3.05) is 10.6 Å². The van der Waals surface area contributed by atoms with Gasteiger partial charge in [0, 0.05) is 30.0 Å². The Balaban J connectivity index is 1.63. The van der Waals surface area contributed by atoms with Crippen LogP contribution in [-0.4, -0.2) is 33.4 Å². The van der Waals surface area contributed by atoms with E-state index in [0.717, 1.165) is 23.1 Å². The lowest BCUT2D eigenvalue weighted by atomic mass is 10.2. The number of fused-ring (bicyclic) bond motifs is 1. The topological polar surface area (TPSA) is 102 Å². The van der Waals surface area contributed by atoms with Crippen molar-refractivity contribution >= 4 is 59.8 Å². The first-order valence-corrected chi connectivity index (χ1v) is 12.5. The first-order chi connectivity index (χ1) is 15.3. The van der Waals surface area contributed by atoms with Crippen molar-refractivity contribution in [3.63, 3.8) is 0 Å². The van der Waals surface area contributed by atoms with E-state index in [4.69, 9.17) is 0 Å². The van der Waals surface area contributed by atoms with E-state index in [0.29, 0.717) is 21.9 Å². The highest BCUT2D eigenvalue weighted by molar-refractivity contribution is 9.10. The van der Waals surface area contributed by atoms with Gasteiger partial charge in [-0.1, -0.05) is 12.1 Å². The summed E-state index contributed by atoms with van der Waals surface area (Å²) in [7, 11) is -3.46. The number of benzene rings is 2. The Labute approximate surface area is 195 Å². The molecule has 0 aliphatic heterocycles. The molecule has 166 valence electrons. The predicted molar refractivity (Wildman–Crippen MR) is 130 cm³/mol. The smallest absolute Gasteiger partial charge is 0.229 e. The minimum absolute atomic E-state index is 0.230. The maximum atomic E-state index is 12.8. The third kappa shape index (κ3) is 4.46. The summed E-state index contributed by atoms with van der Waals surface area (Å²) in [5.74, 6) is 0.830. The molecule has 2 N–H and O–H groups in total. The average Bonchev–Trinajstić information content (AvgIpc) is 3.19. The number of aryl methyl sites for hydroxylation is 1. The summed E-state index contributed by atoms with van der Waals surface area (Å²) in [6.45, 7) is 6.17. The summed E-state index contributed by atoms with van der Waals surface area (Å²) in [5.41, 5.74) is 2.20. The molecule has 0 amide bonds. The molecule has 0 saturated carbocycles. The zero-order valence-electron chi connectivity index (χ0n) is 17.9. The van der Waals surface area contributed by atoms with Gasteiger partial charge in [-0.25, -0.2) is 13.4 Å². The fraction of sp³-hybridized carbons (Fsp3) is 0.227. The van der Waals surface area contributed by atoms with Crippen LogP contribution in [0.3, 0.4) is 0 Å². The molecule has 4 aromatic rings. The molecule has 0 radical (unpaired) electrons. The number of aromatic nitrogens is 4. The monoisotopic (exact) mass is 514 g/mol. The number of nitrogens with one attached hydrogen (secondary N) is 2. The summed E-state index contributed by atoms with van der Waals surface area (Å²) in [5, 5.41) is 11.3. The maximum absolute atomic E-state index is 12.8. The van der Waals surface area contributed by atoms with Crippen LogP contribution < -0.4 is 10.6 Å². The van der Waals surface area contributed by atoms with Gasteiger partial charge >= 0.3 is 0 Å². The van der Waals surface area contributed by atoms with Crippen molar-refractivity contribution in [3.05, 3.63) is 59.3 Å². The lowest BCUT2D eigenvalue weighted by Gasteiger charge is -2.15. The van der Waals surface area contributed by atoms with Gasteiger partial charge in [0.2, 0.25) is 5.95 Å². The van der Waals surface area contributed by atoms with Crippen LogP contribution in [0, 0.1) is 0 Å². The number of para-hydroxylation sites is 1. The number of hydrogen-bond donors (Lipinski definition) is 2. The van der Waals surface area contributed by atoms with Crippen LogP contribution in [0.25, 0.3) is 10.9 Å². The second-order valence-electron chi connectivity index (χ2n) is 7.49. The van der Waals surface area contributed by atoms with Crippen LogP contribution >= 0.6 is 15.9 Å². The van der Waals surface area contributed by atoms with Gasteiger partial charge in [0.05, 0.1) is 25.8 Å². The number of hydrogen-bond acceptors (Lipinski definition) is 7. The SMILES string of the molecule is CCn1cc2cc(Nc3ncc(Br)c(Nc4ccccc4S(=O)(=O)C(C)C)n3)ccc2n1. The van der Waals surface area contributed by atoms with Crippen LogP contribution in [0.1, 0.15) is 20.8 Å². The number of anilines is 4. The number of nitrogens with zero attached hydrogens (tertiary/aromatic N) is 4. The fourth-order valence-corrected chi connectivity index (χ4v) is 4.65. The van der Waals surface area contributed by atoms with Gasteiger partial charge in [-0.15, -0.1) is 0 Å². The molecule has 0 unspecified atom stereocenters. The second kappa shape index (κ2) is 8.87. The van der Waals surface area contributed by atoms with E-state index in [-0.39, 0.29) is 4.90 Å². The largest absolute Gasteiger partial charge is 0.338 e. The van der Waals surface area contributed by atoms with Crippen LogP contribution in [-0.2, 0) is 16.4 Å². The Kier molecular flexibility index (Phi) is 6.16. The second-order valence-corrected chi connectivity index (χ2v) is 10.8. The van der Waals surface area contributed by atoms with Crippen LogP contribution in [0.4, 0.5) is 23.1 Å². The molecule has 10 heteroatoms. The van der Waals surface area contributed by atoms with Gasteiger partial charge in [-0.3, -0.25) is 4.68 Å². The van der Waals surface area contributed by atoms with E-state index in [1.165, 1.54) is 0 Å². The van der Waals surface area contributed by atoms with Crippen molar-refractivity contribution in [1.82, 2.24) is 19.7 Å². The van der Waals surface area contributed by atoms with Gasteiger partial charge in [0.15, 0.2) is 9.84 Å². The summed E-state index contributed by atoms with van der Waals surface area (Å²) in [6, 6.07) is 12.6. The van der Waals surface area contributed by atoms with Crippen molar-refractivity contribution in [3.8, 4) is 0 Å². The average molecular weight is 515 g/mol. The van der Waals surface area contributed by atoms with Gasteiger partial charge < -0.3 is 10.6 Å². The Morgan fingerprint density at radius 2 is 1.91 bits per heavy atom. The van der Waals surface area contributed by atoms with E-state index in [9.17, 15) is 8.42 Å². The van der Waals surface area contributed by atoms with E-state index >= 15 is 0 Å². The van der Waals surface area contributed by atoms with Crippen molar-refractivity contribution < 1.29 is 8.42 Å². The van der Waals surface area contributed by atoms with Crippen LogP contribution in [0.2, 0.25) is 0 Å². The van der Waals surface area contributed by atoms with Crippen molar-refractivity contribution in [2.45, 2.75) is 37.5 Å². The molecule has 0 aliphatic rings. The molecule has 0 spiro atoms. The van der Waals surface area contributed by atoms with Gasteiger partial charge in [-0.2, -0.15) is 10.1 Å². The Hall–Kier alpha value is -2.98. The third-order valence-electron chi connectivity index (χ3n) is 4.94. The third-order valence-corrected chi connectivity index (χ3v) is 7.73. The van der Waals surface area contributed by atoms with Crippen molar-refractivity contribution in [2.24, 2.45) is 0 Å². The van der Waals surface area contributed by atoms with E-state index in [1.54, 1.807) is 44.3 Å². The molecule has 4 rings (SSSR count). The first kappa shape index (κ1) is 22.2. The molecular formula is C22H23BrN6O2S. The van der Waals surface area contributed by atoms with Crippen LogP contribution in [0.5, 0.6) is 0 Å². The number of halogens is 1. The lowest BCUT2D eigenvalue weighted by molar-refractivity contribution is 0.588. The molecule has 0 aliphatic carbocycles. The standard InChI is InChI=1S/C22H23BrN6O2S/c1-4-29-13-15-11-16(9-10-18(15)28-29)25-22-24-12-17(23)21(27-22)26-19-7-5-6-8-20(19)32(30,31)14(2)3/h5-14H,4H2,1-3H3,(H2,24,25,26,27). The summed E-state index contributed by atoms with van der Waals surface area (Å²) >= 11 is 3.44. The number of sulfone groups is 1. The molecule has 0 atom stereocenters.